The number of methoxy groups -OCH3 is 2. The van der Waals surface area contributed by atoms with Crippen molar-refractivity contribution in [3.8, 4) is 17.2 Å². The molecule has 2 aromatic rings. The van der Waals surface area contributed by atoms with E-state index in [9.17, 15) is 14.7 Å². The Morgan fingerprint density at radius 3 is 2.42 bits per heavy atom. The zero-order valence-corrected chi connectivity index (χ0v) is 13.1. The molecule has 0 unspecified atom stereocenters. The molecule has 0 bridgehead atoms. The largest absolute Gasteiger partial charge is 0.502 e. The number of benzene rings is 1. The van der Waals surface area contributed by atoms with Crippen molar-refractivity contribution >= 4 is 18.3 Å². The van der Waals surface area contributed by atoms with E-state index >= 15 is 0 Å². The van der Waals surface area contributed by atoms with Crippen LogP contribution in [0.3, 0.4) is 0 Å². The fraction of sp³-hybridized carbons (Fsp3) is 0.176. The summed E-state index contributed by atoms with van der Waals surface area (Å²) in [5, 5.41) is 9.82. The van der Waals surface area contributed by atoms with Gasteiger partial charge in [0.25, 0.3) is 0 Å². The van der Waals surface area contributed by atoms with Crippen molar-refractivity contribution in [1.29, 1.82) is 0 Å². The summed E-state index contributed by atoms with van der Waals surface area (Å²) in [7, 11) is 2.82. The van der Waals surface area contributed by atoms with Crippen LogP contribution in [0.25, 0.3) is 6.08 Å². The van der Waals surface area contributed by atoms with E-state index in [4.69, 9.17) is 18.6 Å². The Morgan fingerprint density at radius 2 is 1.88 bits per heavy atom. The molecule has 0 saturated heterocycles. The number of furan rings is 1. The summed E-state index contributed by atoms with van der Waals surface area (Å²) < 4.78 is 20.2. The van der Waals surface area contributed by atoms with Gasteiger partial charge in [0, 0.05) is 6.08 Å². The molecule has 2 rings (SSSR count). The summed E-state index contributed by atoms with van der Waals surface area (Å²) >= 11 is 0. The van der Waals surface area contributed by atoms with Crippen LogP contribution >= 0.6 is 0 Å². The molecule has 0 amide bonds. The first-order chi connectivity index (χ1) is 11.6. The van der Waals surface area contributed by atoms with E-state index in [-0.39, 0.29) is 29.6 Å². The second kappa shape index (κ2) is 7.87. The number of aldehydes is 1. The average molecular weight is 332 g/mol. The summed E-state index contributed by atoms with van der Waals surface area (Å²) in [5.74, 6) is 0.263. The van der Waals surface area contributed by atoms with Gasteiger partial charge in [-0.3, -0.25) is 4.79 Å². The number of aromatic hydroxyl groups is 1. The summed E-state index contributed by atoms with van der Waals surface area (Å²) in [6.45, 7) is -0.0841. The van der Waals surface area contributed by atoms with Crippen LogP contribution in [-0.4, -0.2) is 31.6 Å². The van der Waals surface area contributed by atoms with Crippen LogP contribution < -0.4 is 9.47 Å². The molecule has 1 heterocycles. The molecule has 1 aromatic heterocycles. The molecule has 126 valence electrons. The molecule has 0 radical (unpaired) electrons. The minimum Gasteiger partial charge on any atom is -0.502 e. The summed E-state index contributed by atoms with van der Waals surface area (Å²) in [6, 6.07) is 6.13. The SMILES string of the molecule is COc1cc(/C=C/C(=O)OCc2ccc(C=O)o2)cc(OC)c1O. The van der Waals surface area contributed by atoms with Crippen molar-refractivity contribution in [2.45, 2.75) is 6.61 Å². The molecule has 7 nitrogen and oxygen atoms in total. The van der Waals surface area contributed by atoms with Gasteiger partial charge in [0.05, 0.1) is 14.2 Å². The van der Waals surface area contributed by atoms with E-state index in [0.29, 0.717) is 17.6 Å². The Bertz CT molecular complexity index is 733. The predicted octanol–water partition coefficient (Wildman–Crippen LogP) is 2.57. The van der Waals surface area contributed by atoms with Crippen LogP contribution in [0.5, 0.6) is 17.2 Å². The van der Waals surface area contributed by atoms with Gasteiger partial charge in [-0.1, -0.05) is 0 Å². The number of rotatable bonds is 7. The first-order valence-corrected chi connectivity index (χ1v) is 6.91. The molecule has 0 saturated carbocycles. The quantitative estimate of drug-likeness (QED) is 0.473. The van der Waals surface area contributed by atoms with E-state index in [2.05, 4.69) is 0 Å². The lowest BCUT2D eigenvalue weighted by molar-refractivity contribution is -0.139. The predicted molar refractivity (Wildman–Crippen MR) is 84.1 cm³/mol. The number of hydrogen-bond acceptors (Lipinski definition) is 7. The molecular formula is C17H16O7. The first-order valence-electron chi connectivity index (χ1n) is 6.91. The number of ether oxygens (including phenoxy) is 3. The maximum Gasteiger partial charge on any atom is 0.331 e. The fourth-order valence-corrected chi connectivity index (χ4v) is 1.90. The molecule has 0 aliphatic rings. The molecule has 1 aromatic carbocycles. The zero-order valence-electron chi connectivity index (χ0n) is 13.1. The van der Waals surface area contributed by atoms with E-state index < -0.39 is 5.97 Å². The number of phenolic OH excluding ortho intramolecular Hbond substituents is 1. The normalized spacial score (nSPS) is 10.6. The van der Waals surface area contributed by atoms with E-state index in [0.717, 1.165) is 0 Å². The van der Waals surface area contributed by atoms with E-state index in [1.165, 1.54) is 32.4 Å². The second-order valence-corrected chi connectivity index (χ2v) is 4.64. The lowest BCUT2D eigenvalue weighted by Crippen LogP contribution is -2.00. The third kappa shape index (κ3) is 4.16. The van der Waals surface area contributed by atoms with Crippen LogP contribution in [0, 0.1) is 0 Å². The summed E-state index contributed by atoms with van der Waals surface area (Å²) in [5.41, 5.74) is 0.583. The lowest BCUT2D eigenvalue weighted by Gasteiger charge is -2.09. The van der Waals surface area contributed by atoms with Crippen LogP contribution in [0.2, 0.25) is 0 Å². The van der Waals surface area contributed by atoms with Gasteiger partial charge >= 0.3 is 5.97 Å². The van der Waals surface area contributed by atoms with Gasteiger partial charge in [0.1, 0.15) is 12.4 Å². The van der Waals surface area contributed by atoms with Crippen molar-refractivity contribution in [3.63, 3.8) is 0 Å². The van der Waals surface area contributed by atoms with Gasteiger partial charge in [-0.25, -0.2) is 4.79 Å². The second-order valence-electron chi connectivity index (χ2n) is 4.64. The van der Waals surface area contributed by atoms with Crippen molar-refractivity contribution < 1.29 is 33.3 Å². The molecule has 1 N–H and O–H groups in total. The van der Waals surface area contributed by atoms with Gasteiger partial charge in [0.2, 0.25) is 5.75 Å². The number of hydrogen-bond donors (Lipinski definition) is 1. The van der Waals surface area contributed by atoms with Gasteiger partial charge in [-0.2, -0.15) is 0 Å². The van der Waals surface area contributed by atoms with Crippen LogP contribution in [0.1, 0.15) is 21.9 Å². The summed E-state index contributed by atoms with van der Waals surface area (Å²) in [4.78, 5) is 22.2. The number of carbonyl (C=O) groups is 2. The van der Waals surface area contributed by atoms with Crippen molar-refractivity contribution in [2.24, 2.45) is 0 Å². The Labute approximate surface area is 138 Å². The Hall–Kier alpha value is -3.22. The number of carbonyl (C=O) groups excluding carboxylic acids is 2. The highest BCUT2D eigenvalue weighted by molar-refractivity contribution is 5.87. The minimum absolute atomic E-state index is 0.0841. The molecule has 0 aliphatic heterocycles. The standard InChI is InChI=1S/C17H16O7/c1-21-14-7-11(8-15(22-2)17(14)20)3-6-16(19)23-10-13-5-4-12(9-18)24-13/h3-9,20H,10H2,1-2H3/b6-3+. The monoisotopic (exact) mass is 332 g/mol. The zero-order chi connectivity index (χ0) is 17.5. The molecule has 0 aliphatic carbocycles. The van der Waals surface area contributed by atoms with Crippen molar-refractivity contribution in [2.75, 3.05) is 14.2 Å². The topological polar surface area (TPSA) is 95.2 Å². The molecule has 0 spiro atoms. The summed E-state index contributed by atoms with van der Waals surface area (Å²) in [6.07, 6.45) is 3.28. The van der Waals surface area contributed by atoms with Crippen LogP contribution in [0.4, 0.5) is 0 Å². The van der Waals surface area contributed by atoms with Gasteiger partial charge in [-0.05, 0) is 35.9 Å². The Kier molecular flexibility index (Phi) is 5.62. The molecule has 24 heavy (non-hydrogen) atoms. The molecule has 0 atom stereocenters. The highest BCUT2D eigenvalue weighted by Crippen LogP contribution is 2.37. The number of phenols is 1. The molecule has 0 fully saturated rings. The van der Waals surface area contributed by atoms with E-state index in [1.807, 2.05) is 0 Å². The van der Waals surface area contributed by atoms with Gasteiger partial charge in [0.15, 0.2) is 23.5 Å². The fourth-order valence-electron chi connectivity index (χ4n) is 1.90. The number of esters is 1. The van der Waals surface area contributed by atoms with Crippen LogP contribution in [0.15, 0.2) is 34.8 Å². The lowest BCUT2D eigenvalue weighted by atomic mass is 10.1. The van der Waals surface area contributed by atoms with Gasteiger partial charge in [-0.15, -0.1) is 0 Å². The highest BCUT2D eigenvalue weighted by atomic mass is 16.5. The third-order valence-electron chi connectivity index (χ3n) is 3.07. The molecular weight excluding hydrogens is 316 g/mol. The maximum atomic E-state index is 11.7. The smallest absolute Gasteiger partial charge is 0.331 e. The maximum absolute atomic E-state index is 11.7. The Balaban J connectivity index is 2.01. The third-order valence-corrected chi connectivity index (χ3v) is 3.07. The van der Waals surface area contributed by atoms with Crippen LogP contribution in [-0.2, 0) is 16.1 Å². The van der Waals surface area contributed by atoms with E-state index in [1.54, 1.807) is 18.2 Å². The molecule has 7 heteroatoms. The highest BCUT2D eigenvalue weighted by Gasteiger charge is 2.10. The van der Waals surface area contributed by atoms with Crippen molar-refractivity contribution in [1.82, 2.24) is 0 Å². The first kappa shape index (κ1) is 17.1. The van der Waals surface area contributed by atoms with Gasteiger partial charge < -0.3 is 23.7 Å². The average Bonchev–Trinajstić information content (AvgIpc) is 3.07. The minimum atomic E-state index is -0.593. The Morgan fingerprint density at radius 1 is 1.21 bits per heavy atom. The van der Waals surface area contributed by atoms with Crippen molar-refractivity contribution in [3.05, 3.63) is 47.4 Å².